The van der Waals surface area contributed by atoms with Crippen molar-refractivity contribution in [1.29, 1.82) is 0 Å². The summed E-state index contributed by atoms with van der Waals surface area (Å²) in [5.41, 5.74) is 0. The van der Waals surface area contributed by atoms with Crippen LogP contribution in [0.15, 0.2) is 0 Å². The molecule has 0 aromatic rings. The molecule has 6 heteroatoms. The lowest BCUT2D eigenvalue weighted by Gasteiger charge is -2.28. The van der Waals surface area contributed by atoms with Crippen LogP contribution in [0.25, 0.3) is 0 Å². The van der Waals surface area contributed by atoms with Crippen LogP contribution >= 0.6 is 0 Å². The van der Waals surface area contributed by atoms with Gasteiger partial charge in [-0.2, -0.15) is 0 Å². The first kappa shape index (κ1) is 21.8. The fourth-order valence-corrected chi connectivity index (χ4v) is 3.01. The molecule has 1 heterocycles. The Kier molecular flexibility index (Phi) is 11.1. The predicted molar refractivity (Wildman–Crippen MR) is 98.2 cm³/mol. The Hall–Kier alpha value is -0.240. The highest BCUT2D eigenvalue weighted by molar-refractivity contribution is 4.75. The van der Waals surface area contributed by atoms with Gasteiger partial charge in [-0.25, -0.2) is 0 Å². The molecule has 0 aliphatic carbocycles. The van der Waals surface area contributed by atoms with Gasteiger partial charge in [0.2, 0.25) is 0 Å². The Labute approximate surface area is 148 Å². The molecule has 3 unspecified atom stereocenters. The van der Waals surface area contributed by atoms with Gasteiger partial charge >= 0.3 is 0 Å². The standard InChI is InChI=1S/C18H39N3O3/c1-4-16(22)13-19-7-9-20(14-17(23)5-2)11-12-21(10-8-19)15-18(24)6-3/h16-18,22-24H,4-15H2,1-3H3. The maximum absolute atomic E-state index is 9.99. The van der Waals surface area contributed by atoms with E-state index in [-0.39, 0.29) is 18.3 Å². The smallest absolute Gasteiger partial charge is 0.0664 e. The molecule has 1 saturated heterocycles. The van der Waals surface area contributed by atoms with Gasteiger partial charge in [-0.15, -0.1) is 0 Å². The zero-order valence-corrected chi connectivity index (χ0v) is 15.9. The minimum absolute atomic E-state index is 0.282. The van der Waals surface area contributed by atoms with Crippen molar-refractivity contribution in [3.8, 4) is 0 Å². The quantitative estimate of drug-likeness (QED) is 0.555. The van der Waals surface area contributed by atoms with Gasteiger partial charge in [-0.3, -0.25) is 14.7 Å². The fourth-order valence-electron chi connectivity index (χ4n) is 3.01. The van der Waals surface area contributed by atoms with Crippen LogP contribution in [0, 0.1) is 0 Å². The van der Waals surface area contributed by atoms with E-state index < -0.39 is 0 Å². The molecule has 1 aliphatic heterocycles. The van der Waals surface area contributed by atoms with E-state index in [1.807, 2.05) is 20.8 Å². The van der Waals surface area contributed by atoms with Gasteiger partial charge in [0.1, 0.15) is 0 Å². The summed E-state index contributed by atoms with van der Waals surface area (Å²) in [5, 5.41) is 30.0. The normalized spacial score (nSPS) is 23.2. The highest BCUT2D eigenvalue weighted by Crippen LogP contribution is 2.06. The summed E-state index contributed by atoms with van der Waals surface area (Å²) in [4.78, 5) is 6.95. The molecule has 0 saturated carbocycles. The van der Waals surface area contributed by atoms with Gasteiger partial charge in [0, 0.05) is 58.9 Å². The van der Waals surface area contributed by atoms with E-state index in [1.54, 1.807) is 0 Å². The second kappa shape index (κ2) is 12.2. The van der Waals surface area contributed by atoms with Crippen molar-refractivity contribution in [2.24, 2.45) is 0 Å². The second-order valence-corrected chi connectivity index (χ2v) is 7.09. The summed E-state index contributed by atoms with van der Waals surface area (Å²) in [6.45, 7) is 13.6. The van der Waals surface area contributed by atoms with Crippen molar-refractivity contribution in [3.63, 3.8) is 0 Å². The summed E-state index contributed by atoms with van der Waals surface area (Å²) in [6.07, 6.45) is 1.47. The molecule has 0 aromatic heterocycles. The maximum atomic E-state index is 9.99. The molecule has 0 amide bonds. The Morgan fingerprint density at radius 2 is 0.750 bits per heavy atom. The Morgan fingerprint density at radius 1 is 0.542 bits per heavy atom. The average Bonchev–Trinajstić information content (AvgIpc) is 2.67. The third-order valence-electron chi connectivity index (χ3n) is 5.02. The minimum atomic E-state index is -0.282. The Morgan fingerprint density at radius 3 is 0.917 bits per heavy atom. The molecule has 0 radical (unpaired) electrons. The first-order chi connectivity index (χ1) is 11.5. The fraction of sp³-hybridized carbons (Fsp3) is 1.00. The first-order valence-electron chi connectivity index (χ1n) is 9.69. The number of aliphatic hydroxyl groups excluding tert-OH is 3. The predicted octanol–water partition coefficient (Wildman–Crippen LogP) is 0.219. The largest absolute Gasteiger partial charge is 0.392 e. The van der Waals surface area contributed by atoms with E-state index in [0.29, 0.717) is 19.6 Å². The van der Waals surface area contributed by atoms with Gasteiger partial charge in [-0.05, 0) is 19.3 Å². The van der Waals surface area contributed by atoms with E-state index >= 15 is 0 Å². The van der Waals surface area contributed by atoms with Crippen LogP contribution in [0.5, 0.6) is 0 Å². The van der Waals surface area contributed by atoms with Crippen molar-refractivity contribution < 1.29 is 15.3 Å². The van der Waals surface area contributed by atoms with Crippen LogP contribution in [0.2, 0.25) is 0 Å². The number of hydrogen-bond acceptors (Lipinski definition) is 6. The zero-order valence-electron chi connectivity index (χ0n) is 15.9. The summed E-state index contributed by atoms with van der Waals surface area (Å²) < 4.78 is 0. The molecule has 0 aromatic carbocycles. The molecular formula is C18H39N3O3. The molecule has 3 atom stereocenters. The van der Waals surface area contributed by atoms with Crippen LogP contribution in [0.4, 0.5) is 0 Å². The number of nitrogens with zero attached hydrogens (tertiary/aromatic N) is 3. The number of hydrogen-bond donors (Lipinski definition) is 3. The van der Waals surface area contributed by atoms with E-state index in [0.717, 1.165) is 58.5 Å². The van der Waals surface area contributed by atoms with Gasteiger partial charge in [-0.1, -0.05) is 20.8 Å². The summed E-state index contributed by atoms with van der Waals surface area (Å²) in [6, 6.07) is 0. The zero-order chi connectivity index (χ0) is 17.9. The molecule has 1 fully saturated rings. The number of rotatable bonds is 9. The van der Waals surface area contributed by atoms with E-state index in [9.17, 15) is 15.3 Å². The van der Waals surface area contributed by atoms with Gasteiger partial charge < -0.3 is 15.3 Å². The van der Waals surface area contributed by atoms with Gasteiger partial charge in [0.05, 0.1) is 18.3 Å². The minimum Gasteiger partial charge on any atom is -0.392 e. The van der Waals surface area contributed by atoms with Crippen LogP contribution < -0.4 is 0 Å². The van der Waals surface area contributed by atoms with Crippen LogP contribution in [0.1, 0.15) is 40.0 Å². The lowest BCUT2D eigenvalue weighted by Crippen LogP contribution is -2.41. The monoisotopic (exact) mass is 345 g/mol. The third kappa shape index (κ3) is 8.74. The van der Waals surface area contributed by atoms with Crippen molar-refractivity contribution in [1.82, 2.24) is 14.7 Å². The second-order valence-electron chi connectivity index (χ2n) is 7.09. The third-order valence-corrected chi connectivity index (χ3v) is 5.02. The van der Waals surface area contributed by atoms with Crippen LogP contribution in [0.3, 0.4) is 0 Å². The summed E-state index contributed by atoms with van der Waals surface area (Å²) in [7, 11) is 0. The number of β-amino-alcohol motifs (C(OH)–C–C–N with tert-alkyl or cyclic N) is 3. The lowest BCUT2D eigenvalue weighted by molar-refractivity contribution is 0.0876. The van der Waals surface area contributed by atoms with Crippen molar-refractivity contribution in [2.75, 3.05) is 58.9 Å². The molecular weight excluding hydrogens is 306 g/mol. The first-order valence-corrected chi connectivity index (χ1v) is 9.69. The average molecular weight is 346 g/mol. The van der Waals surface area contributed by atoms with E-state index in [4.69, 9.17) is 0 Å². The van der Waals surface area contributed by atoms with Crippen molar-refractivity contribution in [3.05, 3.63) is 0 Å². The number of aliphatic hydroxyl groups is 3. The molecule has 0 spiro atoms. The van der Waals surface area contributed by atoms with Crippen LogP contribution in [-0.4, -0.2) is 107 Å². The van der Waals surface area contributed by atoms with Crippen molar-refractivity contribution in [2.45, 2.75) is 58.3 Å². The highest BCUT2D eigenvalue weighted by atomic mass is 16.3. The summed E-state index contributed by atoms with van der Waals surface area (Å²) in [5.74, 6) is 0. The van der Waals surface area contributed by atoms with Crippen LogP contribution in [-0.2, 0) is 0 Å². The van der Waals surface area contributed by atoms with Gasteiger partial charge in [0.25, 0.3) is 0 Å². The molecule has 1 aliphatic rings. The summed E-state index contributed by atoms with van der Waals surface area (Å²) >= 11 is 0. The topological polar surface area (TPSA) is 70.4 Å². The van der Waals surface area contributed by atoms with Crippen molar-refractivity contribution >= 4 is 0 Å². The molecule has 144 valence electrons. The lowest BCUT2D eigenvalue weighted by atomic mass is 10.2. The highest BCUT2D eigenvalue weighted by Gasteiger charge is 2.20. The Balaban J connectivity index is 2.67. The SMILES string of the molecule is CCC(O)CN1CCN(CC(O)CC)CCN(CC(O)CC)CC1. The maximum Gasteiger partial charge on any atom is 0.0664 e. The molecule has 1 rings (SSSR count). The Bertz CT molecular complexity index is 260. The molecule has 6 nitrogen and oxygen atoms in total. The van der Waals surface area contributed by atoms with E-state index in [2.05, 4.69) is 14.7 Å². The van der Waals surface area contributed by atoms with Gasteiger partial charge in [0.15, 0.2) is 0 Å². The van der Waals surface area contributed by atoms with E-state index in [1.165, 1.54) is 0 Å². The molecule has 0 bridgehead atoms. The molecule has 3 N–H and O–H groups in total. The molecule has 24 heavy (non-hydrogen) atoms.